The molecule has 138 valence electrons. The number of nitrogens with zero attached hydrogens (tertiary/aromatic N) is 1. The second-order valence-electron chi connectivity index (χ2n) is 6.68. The van der Waals surface area contributed by atoms with Crippen LogP contribution in [0.25, 0.3) is 0 Å². The zero-order valence-electron chi connectivity index (χ0n) is 14.5. The number of hydrogen-bond donors (Lipinski definition) is 1. The molecule has 2 aromatic carbocycles. The van der Waals surface area contributed by atoms with Gasteiger partial charge in [0.2, 0.25) is 0 Å². The fraction of sp³-hybridized carbons (Fsp3) is 0.400. The molecule has 0 bridgehead atoms. The van der Waals surface area contributed by atoms with E-state index in [0.717, 1.165) is 37.5 Å². The van der Waals surface area contributed by atoms with E-state index in [1.165, 1.54) is 5.56 Å². The molecule has 0 unspecified atom stereocenters. The van der Waals surface area contributed by atoms with Gasteiger partial charge < -0.3 is 14.8 Å². The number of halogens is 2. The van der Waals surface area contributed by atoms with Gasteiger partial charge in [0.1, 0.15) is 18.5 Å². The quantitative estimate of drug-likeness (QED) is 0.854. The Morgan fingerprint density at radius 3 is 2.69 bits per heavy atom. The standard InChI is InChI=1S/C20H22Cl2N2O2/c21-16-6-5-14(11-17(16)22)12-25-19-13-26-18-4-2-1-3-15(18)20(19)24-9-7-23-8-10-24/h1-6,11,19-20,23H,7-10,12-13H2/t19-,20-/m1/s1. The van der Waals surface area contributed by atoms with E-state index in [4.69, 9.17) is 32.7 Å². The smallest absolute Gasteiger partial charge is 0.124 e. The highest BCUT2D eigenvalue weighted by atomic mass is 35.5. The van der Waals surface area contributed by atoms with Gasteiger partial charge in [-0.1, -0.05) is 47.5 Å². The van der Waals surface area contributed by atoms with Gasteiger partial charge in [0.25, 0.3) is 0 Å². The average Bonchev–Trinajstić information content (AvgIpc) is 2.69. The molecular formula is C20H22Cl2N2O2. The van der Waals surface area contributed by atoms with Crippen molar-refractivity contribution in [3.8, 4) is 5.75 Å². The van der Waals surface area contributed by atoms with E-state index < -0.39 is 0 Å². The van der Waals surface area contributed by atoms with Crippen LogP contribution in [0.15, 0.2) is 42.5 Å². The summed E-state index contributed by atoms with van der Waals surface area (Å²) in [5.74, 6) is 0.963. The van der Waals surface area contributed by atoms with E-state index in [1.54, 1.807) is 0 Å². The van der Waals surface area contributed by atoms with Gasteiger partial charge in [0, 0.05) is 31.7 Å². The summed E-state index contributed by atoms with van der Waals surface area (Å²) in [7, 11) is 0. The predicted molar refractivity (Wildman–Crippen MR) is 104 cm³/mol. The Morgan fingerprint density at radius 1 is 1.08 bits per heavy atom. The van der Waals surface area contributed by atoms with Crippen molar-refractivity contribution in [1.82, 2.24) is 10.2 Å². The number of benzene rings is 2. The molecule has 2 aliphatic heterocycles. The summed E-state index contributed by atoms with van der Waals surface area (Å²) >= 11 is 12.1. The van der Waals surface area contributed by atoms with Crippen molar-refractivity contribution in [1.29, 1.82) is 0 Å². The molecule has 2 aliphatic rings. The molecule has 1 N–H and O–H groups in total. The summed E-state index contributed by atoms with van der Waals surface area (Å²) < 4.78 is 12.3. The second-order valence-corrected chi connectivity index (χ2v) is 7.49. The number of hydrogen-bond acceptors (Lipinski definition) is 4. The summed E-state index contributed by atoms with van der Waals surface area (Å²) in [5.41, 5.74) is 2.22. The van der Waals surface area contributed by atoms with Gasteiger partial charge in [-0.25, -0.2) is 0 Å². The molecule has 2 aromatic rings. The van der Waals surface area contributed by atoms with E-state index in [9.17, 15) is 0 Å². The molecule has 0 amide bonds. The summed E-state index contributed by atoms with van der Waals surface area (Å²) in [6, 6.07) is 14.1. The Hall–Kier alpha value is -1.30. The van der Waals surface area contributed by atoms with Crippen LogP contribution in [0.4, 0.5) is 0 Å². The third kappa shape index (κ3) is 3.85. The molecule has 0 aliphatic carbocycles. The largest absolute Gasteiger partial charge is 0.490 e. The Bertz CT molecular complexity index is 765. The molecule has 4 rings (SSSR count). The van der Waals surface area contributed by atoms with Crippen LogP contribution in [0.1, 0.15) is 17.2 Å². The van der Waals surface area contributed by atoms with Crippen molar-refractivity contribution in [3.63, 3.8) is 0 Å². The van der Waals surface area contributed by atoms with Gasteiger partial charge in [-0.05, 0) is 23.8 Å². The van der Waals surface area contributed by atoms with Crippen LogP contribution in [0, 0.1) is 0 Å². The van der Waals surface area contributed by atoms with Gasteiger partial charge in [0.05, 0.1) is 22.7 Å². The average molecular weight is 393 g/mol. The topological polar surface area (TPSA) is 33.7 Å². The molecular weight excluding hydrogens is 371 g/mol. The lowest BCUT2D eigenvalue weighted by Crippen LogP contribution is -2.51. The van der Waals surface area contributed by atoms with Crippen LogP contribution in [0.2, 0.25) is 10.0 Å². The van der Waals surface area contributed by atoms with Crippen LogP contribution in [-0.4, -0.2) is 43.8 Å². The molecule has 2 heterocycles. The predicted octanol–water partition coefficient (Wildman–Crippen LogP) is 3.92. The first-order chi connectivity index (χ1) is 12.7. The third-order valence-electron chi connectivity index (χ3n) is 4.99. The molecule has 0 saturated carbocycles. The monoisotopic (exact) mass is 392 g/mol. The van der Waals surface area contributed by atoms with Crippen molar-refractivity contribution in [2.24, 2.45) is 0 Å². The van der Waals surface area contributed by atoms with Crippen LogP contribution in [0.5, 0.6) is 5.75 Å². The highest BCUT2D eigenvalue weighted by Crippen LogP contribution is 2.38. The van der Waals surface area contributed by atoms with Crippen molar-refractivity contribution in [3.05, 3.63) is 63.6 Å². The van der Waals surface area contributed by atoms with Crippen molar-refractivity contribution < 1.29 is 9.47 Å². The second kappa shape index (κ2) is 8.15. The van der Waals surface area contributed by atoms with Crippen LogP contribution < -0.4 is 10.1 Å². The number of para-hydroxylation sites is 1. The molecule has 26 heavy (non-hydrogen) atoms. The Kier molecular flexibility index (Phi) is 5.67. The minimum atomic E-state index is -0.0301. The maximum absolute atomic E-state index is 6.30. The zero-order valence-corrected chi connectivity index (χ0v) is 16.0. The number of ether oxygens (including phenoxy) is 2. The molecule has 2 atom stereocenters. The van der Waals surface area contributed by atoms with Crippen LogP contribution in [-0.2, 0) is 11.3 Å². The third-order valence-corrected chi connectivity index (χ3v) is 5.73. The number of piperazine rings is 1. The molecule has 1 saturated heterocycles. The summed E-state index contributed by atoms with van der Waals surface area (Å²) in [6.45, 7) is 5.04. The Labute approximate surface area is 164 Å². The van der Waals surface area contributed by atoms with Crippen molar-refractivity contribution >= 4 is 23.2 Å². The highest BCUT2D eigenvalue weighted by molar-refractivity contribution is 6.42. The number of fused-ring (bicyclic) bond motifs is 1. The first-order valence-corrected chi connectivity index (χ1v) is 9.70. The van der Waals surface area contributed by atoms with E-state index in [-0.39, 0.29) is 12.1 Å². The fourth-order valence-electron chi connectivity index (χ4n) is 3.68. The molecule has 6 heteroatoms. The molecule has 0 aromatic heterocycles. The zero-order chi connectivity index (χ0) is 17.9. The maximum atomic E-state index is 6.30. The maximum Gasteiger partial charge on any atom is 0.124 e. The highest BCUT2D eigenvalue weighted by Gasteiger charge is 2.36. The lowest BCUT2D eigenvalue weighted by molar-refractivity contribution is -0.0617. The molecule has 0 radical (unpaired) electrons. The summed E-state index contributed by atoms with van der Waals surface area (Å²) in [5, 5.41) is 4.53. The van der Waals surface area contributed by atoms with Crippen LogP contribution >= 0.6 is 23.2 Å². The normalized spacial score (nSPS) is 23.3. The number of rotatable bonds is 4. The minimum Gasteiger partial charge on any atom is -0.490 e. The van der Waals surface area contributed by atoms with E-state index in [1.807, 2.05) is 30.3 Å². The summed E-state index contributed by atoms with van der Waals surface area (Å²) in [6.07, 6.45) is -0.0301. The van der Waals surface area contributed by atoms with E-state index in [2.05, 4.69) is 22.3 Å². The van der Waals surface area contributed by atoms with Crippen molar-refractivity contribution in [2.45, 2.75) is 18.8 Å². The number of nitrogens with one attached hydrogen (secondary N) is 1. The first-order valence-electron chi connectivity index (χ1n) is 8.94. The lowest BCUT2D eigenvalue weighted by atomic mass is 9.95. The SMILES string of the molecule is Clc1ccc(CO[C@@H]2COc3ccccc3[C@H]2N2CCNCC2)cc1Cl. The van der Waals surface area contributed by atoms with Crippen LogP contribution in [0.3, 0.4) is 0 Å². The van der Waals surface area contributed by atoms with Gasteiger partial charge in [0.15, 0.2) is 0 Å². The van der Waals surface area contributed by atoms with Gasteiger partial charge in [-0.2, -0.15) is 0 Å². The lowest BCUT2D eigenvalue weighted by Gasteiger charge is -2.42. The Morgan fingerprint density at radius 2 is 1.88 bits per heavy atom. The molecule has 0 spiro atoms. The van der Waals surface area contributed by atoms with Crippen molar-refractivity contribution in [2.75, 3.05) is 32.8 Å². The van der Waals surface area contributed by atoms with Gasteiger partial charge in [-0.15, -0.1) is 0 Å². The fourth-order valence-corrected chi connectivity index (χ4v) is 4.00. The minimum absolute atomic E-state index is 0.0301. The van der Waals surface area contributed by atoms with E-state index in [0.29, 0.717) is 23.3 Å². The molecule has 1 fully saturated rings. The van der Waals surface area contributed by atoms with Gasteiger partial charge in [-0.3, -0.25) is 4.90 Å². The summed E-state index contributed by atoms with van der Waals surface area (Å²) in [4.78, 5) is 2.50. The first kappa shape index (κ1) is 18.1. The van der Waals surface area contributed by atoms with Gasteiger partial charge >= 0.3 is 0 Å². The van der Waals surface area contributed by atoms with E-state index >= 15 is 0 Å². The molecule has 4 nitrogen and oxygen atoms in total. The Balaban J connectivity index is 1.54.